The van der Waals surface area contributed by atoms with E-state index in [0.717, 1.165) is 31.5 Å². The molecule has 106 valence electrons. The maximum atomic E-state index is 11.9. The van der Waals surface area contributed by atoms with Gasteiger partial charge in [-0.1, -0.05) is 19.3 Å². The fourth-order valence-corrected chi connectivity index (χ4v) is 2.76. The van der Waals surface area contributed by atoms with Gasteiger partial charge in [0.2, 0.25) is 5.91 Å². The van der Waals surface area contributed by atoms with Crippen LogP contribution in [0.25, 0.3) is 0 Å². The zero-order chi connectivity index (χ0) is 13.7. The highest BCUT2D eigenvalue weighted by atomic mass is 16.1. The van der Waals surface area contributed by atoms with Crippen LogP contribution in [0.4, 0.5) is 0 Å². The first-order valence-electron chi connectivity index (χ1n) is 7.51. The highest BCUT2D eigenvalue weighted by Crippen LogP contribution is 2.17. The lowest BCUT2D eigenvalue weighted by Crippen LogP contribution is -2.36. The molecule has 1 amide bonds. The summed E-state index contributed by atoms with van der Waals surface area (Å²) in [5.41, 5.74) is 2.24. The Morgan fingerprint density at radius 1 is 1.42 bits per heavy atom. The van der Waals surface area contributed by atoms with E-state index in [1.165, 1.54) is 24.8 Å². The molecule has 1 aliphatic rings. The van der Waals surface area contributed by atoms with Gasteiger partial charge in [0, 0.05) is 25.2 Å². The molecule has 0 aromatic carbocycles. The molecule has 0 unspecified atom stereocenters. The predicted octanol–water partition coefficient (Wildman–Crippen LogP) is 2.59. The molecule has 1 heterocycles. The molecule has 0 radical (unpaired) electrons. The van der Waals surface area contributed by atoms with Crippen molar-refractivity contribution in [2.45, 2.75) is 71.4 Å². The van der Waals surface area contributed by atoms with E-state index < -0.39 is 0 Å². The summed E-state index contributed by atoms with van der Waals surface area (Å²) >= 11 is 0. The van der Waals surface area contributed by atoms with Crippen LogP contribution in [-0.4, -0.2) is 21.7 Å². The Bertz CT molecular complexity index is 419. The zero-order valence-corrected chi connectivity index (χ0v) is 12.1. The van der Waals surface area contributed by atoms with Gasteiger partial charge in [0.1, 0.15) is 0 Å². The monoisotopic (exact) mass is 263 g/mol. The highest BCUT2D eigenvalue weighted by Gasteiger charge is 2.15. The Morgan fingerprint density at radius 2 is 2.16 bits per heavy atom. The van der Waals surface area contributed by atoms with Crippen molar-refractivity contribution in [3.05, 3.63) is 17.5 Å². The molecule has 4 heteroatoms. The summed E-state index contributed by atoms with van der Waals surface area (Å²) in [5.74, 6) is 0.190. The van der Waals surface area contributed by atoms with Crippen molar-refractivity contribution in [1.29, 1.82) is 0 Å². The molecule has 1 fully saturated rings. The lowest BCUT2D eigenvalue weighted by molar-refractivity contribution is -0.121. The standard InChI is InChI=1S/C15H25N3O/c1-3-18-11-13(12(2)17-18)9-10-15(19)16-14-7-5-4-6-8-14/h11,14H,3-10H2,1-2H3,(H,16,19). The number of rotatable bonds is 5. The van der Waals surface area contributed by atoms with Gasteiger partial charge in [-0.05, 0) is 38.7 Å². The maximum absolute atomic E-state index is 11.9. The summed E-state index contributed by atoms with van der Waals surface area (Å²) in [7, 11) is 0. The molecule has 1 aromatic heterocycles. The topological polar surface area (TPSA) is 46.9 Å². The lowest BCUT2D eigenvalue weighted by atomic mass is 9.95. The minimum absolute atomic E-state index is 0.190. The Kier molecular flexibility index (Phi) is 5.00. The van der Waals surface area contributed by atoms with Crippen molar-refractivity contribution in [3.8, 4) is 0 Å². The average Bonchev–Trinajstić information content (AvgIpc) is 2.78. The quantitative estimate of drug-likeness (QED) is 0.887. The van der Waals surface area contributed by atoms with E-state index in [4.69, 9.17) is 0 Å². The van der Waals surface area contributed by atoms with Crippen molar-refractivity contribution >= 4 is 5.91 Å². The van der Waals surface area contributed by atoms with E-state index in [2.05, 4.69) is 23.5 Å². The third kappa shape index (κ3) is 4.08. The minimum Gasteiger partial charge on any atom is -0.353 e. The molecular formula is C15H25N3O. The third-order valence-electron chi connectivity index (χ3n) is 3.96. The van der Waals surface area contributed by atoms with Crippen molar-refractivity contribution < 1.29 is 4.79 Å². The first-order chi connectivity index (χ1) is 9.19. The highest BCUT2D eigenvalue weighted by molar-refractivity contribution is 5.76. The number of nitrogens with one attached hydrogen (secondary N) is 1. The van der Waals surface area contributed by atoms with Gasteiger partial charge in [-0.15, -0.1) is 0 Å². The molecule has 1 aromatic rings. The van der Waals surface area contributed by atoms with E-state index in [1.54, 1.807) is 0 Å². The van der Waals surface area contributed by atoms with Crippen molar-refractivity contribution in [3.63, 3.8) is 0 Å². The third-order valence-corrected chi connectivity index (χ3v) is 3.96. The molecule has 0 saturated heterocycles. The first-order valence-corrected chi connectivity index (χ1v) is 7.51. The lowest BCUT2D eigenvalue weighted by Gasteiger charge is -2.22. The van der Waals surface area contributed by atoms with E-state index >= 15 is 0 Å². The van der Waals surface area contributed by atoms with Crippen LogP contribution >= 0.6 is 0 Å². The molecule has 1 saturated carbocycles. The summed E-state index contributed by atoms with van der Waals surface area (Å²) in [6, 6.07) is 0.417. The van der Waals surface area contributed by atoms with Gasteiger partial charge in [0.15, 0.2) is 0 Å². The number of nitrogens with zero attached hydrogens (tertiary/aromatic N) is 2. The normalized spacial score (nSPS) is 16.5. The van der Waals surface area contributed by atoms with Crippen LogP contribution in [0.3, 0.4) is 0 Å². The van der Waals surface area contributed by atoms with E-state index in [-0.39, 0.29) is 5.91 Å². The fourth-order valence-electron chi connectivity index (χ4n) is 2.76. The Balaban J connectivity index is 1.77. The number of hydrogen-bond acceptors (Lipinski definition) is 2. The van der Waals surface area contributed by atoms with Gasteiger partial charge >= 0.3 is 0 Å². The molecule has 2 rings (SSSR count). The summed E-state index contributed by atoms with van der Waals surface area (Å²) in [6.07, 6.45) is 9.57. The smallest absolute Gasteiger partial charge is 0.220 e. The summed E-state index contributed by atoms with van der Waals surface area (Å²) in [5, 5.41) is 7.57. The fraction of sp³-hybridized carbons (Fsp3) is 0.733. The minimum atomic E-state index is 0.190. The van der Waals surface area contributed by atoms with E-state index in [1.807, 2.05) is 11.6 Å². The van der Waals surface area contributed by atoms with E-state index in [9.17, 15) is 4.79 Å². The molecule has 0 aliphatic heterocycles. The largest absolute Gasteiger partial charge is 0.353 e. The van der Waals surface area contributed by atoms with Gasteiger partial charge in [-0.3, -0.25) is 9.48 Å². The van der Waals surface area contributed by atoms with Crippen LogP contribution in [0.5, 0.6) is 0 Å². The first kappa shape index (κ1) is 14.1. The molecule has 1 aliphatic carbocycles. The van der Waals surface area contributed by atoms with Crippen LogP contribution in [0, 0.1) is 6.92 Å². The number of aromatic nitrogens is 2. The maximum Gasteiger partial charge on any atom is 0.220 e. The number of carbonyl (C=O) groups excluding carboxylic acids is 1. The van der Waals surface area contributed by atoms with Gasteiger partial charge in [-0.2, -0.15) is 5.10 Å². The Hall–Kier alpha value is -1.32. The van der Waals surface area contributed by atoms with Crippen LogP contribution in [0.1, 0.15) is 56.7 Å². The van der Waals surface area contributed by atoms with Gasteiger partial charge in [-0.25, -0.2) is 0 Å². The van der Waals surface area contributed by atoms with Gasteiger partial charge < -0.3 is 5.32 Å². The Labute approximate surface area is 115 Å². The summed E-state index contributed by atoms with van der Waals surface area (Å²) in [4.78, 5) is 11.9. The van der Waals surface area contributed by atoms with Crippen molar-refractivity contribution in [2.24, 2.45) is 0 Å². The molecule has 4 nitrogen and oxygen atoms in total. The van der Waals surface area contributed by atoms with Crippen LogP contribution in [-0.2, 0) is 17.8 Å². The Morgan fingerprint density at radius 3 is 2.79 bits per heavy atom. The van der Waals surface area contributed by atoms with Crippen LogP contribution in [0.2, 0.25) is 0 Å². The number of carbonyl (C=O) groups is 1. The number of amides is 1. The van der Waals surface area contributed by atoms with Gasteiger partial charge in [0.05, 0.1) is 5.69 Å². The molecular weight excluding hydrogens is 238 g/mol. The second kappa shape index (κ2) is 6.73. The predicted molar refractivity (Wildman–Crippen MR) is 76.0 cm³/mol. The van der Waals surface area contributed by atoms with Crippen LogP contribution < -0.4 is 5.32 Å². The molecule has 19 heavy (non-hydrogen) atoms. The summed E-state index contributed by atoms with van der Waals surface area (Å²) < 4.78 is 1.93. The SMILES string of the molecule is CCn1cc(CCC(=O)NC2CCCCC2)c(C)n1. The molecule has 0 spiro atoms. The van der Waals surface area contributed by atoms with Crippen molar-refractivity contribution in [1.82, 2.24) is 15.1 Å². The van der Waals surface area contributed by atoms with Crippen LogP contribution in [0.15, 0.2) is 6.20 Å². The molecule has 0 atom stereocenters. The summed E-state index contributed by atoms with van der Waals surface area (Å²) in [6.45, 7) is 4.97. The molecule has 0 bridgehead atoms. The number of hydrogen-bond donors (Lipinski definition) is 1. The van der Waals surface area contributed by atoms with E-state index in [0.29, 0.717) is 12.5 Å². The second-order valence-electron chi connectivity index (χ2n) is 5.50. The van der Waals surface area contributed by atoms with Crippen molar-refractivity contribution in [2.75, 3.05) is 0 Å². The average molecular weight is 263 g/mol. The van der Waals surface area contributed by atoms with Gasteiger partial charge in [0.25, 0.3) is 0 Å². The zero-order valence-electron chi connectivity index (χ0n) is 12.1. The second-order valence-corrected chi connectivity index (χ2v) is 5.50. The molecule has 1 N–H and O–H groups in total. The number of aryl methyl sites for hydroxylation is 3.